The number of carbonyl (C=O) groups excluding carboxylic acids is 1. The van der Waals surface area contributed by atoms with E-state index in [2.05, 4.69) is 19.2 Å². The van der Waals surface area contributed by atoms with Crippen molar-refractivity contribution < 1.29 is 9.63 Å². The summed E-state index contributed by atoms with van der Waals surface area (Å²) in [7, 11) is 0. The standard InChI is InChI=1S/C9H15NO2/c1-3-5-7-10(9-11)12-8-6-4-2/h5,9H,1,4,6-8H2,2H3. The molecule has 0 rings (SSSR count). The maximum atomic E-state index is 10.3. The number of hydrogen-bond donors (Lipinski definition) is 0. The van der Waals surface area contributed by atoms with Crippen molar-refractivity contribution in [1.29, 1.82) is 0 Å². The molecule has 0 saturated heterocycles. The van der Waals surface area contributed by atoms with Crippen LogP contribution in [0.4, 0.5) is 0 Å². The van der Waals surface area contributed by atoms with Gasteiger partial charge in [-0.15, -0.1) is 5.73 Å². The van der Waals surface area contributed by atoms with Gasteiger partial charge in [0.1, 0.15) is 0 Å². The summed E-state index contributed by atoms with van der Waals surface area (Å²) in [5, 5.41) is 1.23. The van der Waals surface area contributed by atoms with Gasteiger partial charge in [0.05, 0.1) is 13.2 Å². The average Bonchev–Trinajstić information content (AvgIpc) is 2.11. The Morgan fingerprint density at radius 1 is 1.67 bits per heavy atom. The van der Waals surface area contributed by atoms with Crippen LogP contribution in [0.1, 0.15) is 19.8 Å². The van der Waals surface area contributed by atoms with Crippen molar-refractivity contribution in [3.8, 4) is 0 Å². The molecule has 0 N–H and O–H groups in total. The highest BCUT2D eigenvalue weighted by atomic mass is 16.7. The molecule has 3 heteroatoms. The van der Waals surface area contributed by atoms with E-state index in [1.54, 1.807) is 6.08 Å². The fourth-order valence-electron chi connectivity index (χ4n) is 0.607. The second-order valence-electron chi connectivity index (χ2n) is 2.30. The molecule has 12 heavy (non-hydrogen) atoms. The van der Waals surface area contributed by atoms with Crippen molar-refractivity contribution in [2.45, 2.75) is 19.8 Å². The third-order valence-corrected chi connectivity index (χ3v) is 1.29. The van der Waals surface area contributed by atoms with Crippen LogP contribution >= 0.6 is 0 Å². The van der Waals surface area contributed by atoms with E-state index >= 15 is 0 Å². The largest absolute Gasteiger partial charge is 0.276 e. The first-order chi connectivity index (χ1) is 5.85. The number of rotatable bonds is 7. The van der Waals surface area contributed by atoms with E-state index in [1.165, 1.54) is 5.06 Å². The second kappa shape index (κ2) is 8.05. The quantitative estimate of drug-likeness (QED) is 0.250. The minimum atomic E-state index is 0.413. The Bertz CT molecular complexity index is 162. The number of nitrogens with zero attached hydrogens (tertiary/aromatic N) is 1. The van der Waals surface area contributed by atoms with Crippen molar-refractivity contribution in [2.75, 3.05) is 13.2 Å². The van der Waals surface area contributed by atoms with Crippen molar-refractivity contribution in [3.05, 3.63) is 18.4 Å². The molecule has 0 fully saturated rings. The molecule has 0 bridgehead atoms. The van der Waals surface area contributed by atoms with Crippen LogP contribution in [-0.4, -0.2) is 24.6 Å². The molecular formula is C9H15NO2. The van der Waals surface area contributed by atoms with Gasteiger partial charge >= 0.3 is 0 Å². The Morgan fingerprint density at radius 3 is 2.92 bits per heavy atom. The summed E-state index contributed by atoms with van der Waals surface area (Å²) in [6.07, 6.45) is 4.32. The maximum absolute atomic E-state index is 10.3. The normalized spacial score (nSPS) is 8.75. The van der Waals surface area contributed by atoms with E-state index in [-0.39, 0.29) is 0 Å². The Balaban J connectivity index is 3.52. The van der Waals surface area contributed by atoms with Crippen molar-refractivity contribution in [1.82, 2.24) is 5.06 Å². The molecule has 0 aromatic rings. The highest BCUT2D eigenvalue weighted by Crippen LogP contribution is 1.91. The average molecular weight is 169 g/mol. The molecule has 0 atom stereocenters. The predicted octanol–water partition coefficient (Wildman–Crippen LogP) is 1.52. The van der Waals surface area contributed by atoms with Crippen LogP contribution in [0.25, 0.3) is 0 Å². The van der Waals surface area contributed by atoms with E-state index in [1.807, 2.05) is 0 Å². The van der Waals surface area contributed by atoms with Gasteiger partial charge in [0.15, 0.2) is 0 Å². The van der Waals surface area contributed by atoms with E-state index in [0.29, 0.717) is 19.6 Å². The first-order valence-corrected chi connectivity index (χ1v) is 4.04. The minimum Gasteiger partial charge on any atom is -0.276 e. The molecule has 0 spiro atoms. The summed E-state index contributed by atoms with van der Waals surface area (Å²) in [5.74, 6) is 0. The zero-order valence-corrected chi connectivity index (χ0v) is 7.45. The summed E-state index contributed by atoms with van der Waals surface area (Å²) in [6, 6.07) is 0. The molecular weight excluding hydrogens is 154 g/mol. The van der Waals surface area contributed by atoms with Crippen LogP contribution in [0.3, 0.4) is 0 Å². The van der Waals surface area contributed by atoms with Crippen LogP contribution in [0.2, 0.25) is 0 Å². The molecule has 0 radical (unpaired) electrons. The molecule has 0 aliphatic heterocycles. The van der Waals surface area contributed by atoms with Crippen molar-refractivity contribution >= 4 is 6.41 Å². The van der Waals surface area contributed by atoms with Gasteiger partial charge in [0.2, 0.25) is 6.41 Å². The van der Waals surface area contributed by atoms with Crippen LogP contribution in [0.5, 0.6) is 0 Å². The lowest BCUT2D eigenvalue weighted by Crippen LogP contribution is -2.22. The second-order valence-corrected chi connectivity index (χ2v) is 2.30. The monoisotopic (exact) mass is 169 g/mol. The first kappa shape index (κ1) is 11.0. The van der Waals surface area contributed by atoms with Gasteiger partial charge in [-0.25, -0.2) is 5.06 Å². The molecule has 68 valence electrons. The fraction of sp³-hybridized carbons (Fsp3) is 0.556. The fourth-order valence-corrected chi connectivity index (χ4v) is 0.607. The summed E-state index contributed by atoms with van der Waals surface area (Å²) < 4.78 is 0. The van der Waals surface area contributed by atoms with Gasteiger partial charge in [0, 0.05) is 0 Å². The maximum Gasteiger partial charge on any atom is 0.233 e. The van der Waals surface area contributed by atoms with E-state index in [9.17, 15) is 4.79 Å². The lowest BCUT2D eigenvalue weighted by molar-refractivity contribution is -0.168. The highest BCUT2D eigenvalue weighted by molar-refractivity contribution is 5.45. The summed E-state index contributed by atoms with van der Waals surface area (Å²) in [6.45, 7) is 6.45. The number of unbranched alkanes of at least 4 members (excludes halogenated alkanes) is 1. The smallest absolute Gasteiger partial charge is 0.233 e. The summed E-state index contributed by atoms with van der Waals surface area (Å²) in [5.41, 5.74) is 2.57. The van der Waals surface area contributed by atoms with E-state index in [0.717, 1.165) is 12.8 Å². The number of hydroxylamine groups is 2. The molecule has 0 heterocycles. The first-order valence-electron chi connectivity index (χ1n) is 4.04. The molecule has 0 aliphatic rings. The Morgan fingerprint density at radius 2 is 2.42 bits per heavy atom. The Labute approximate surface area is 73.3 Å². The van der Waals surface area contributed by atoms with Gasteiger partial charge in [-0.3, -0.25) is 9.63 Å². The van der Waals surface area contributed by atoms with Crippen LogP contribution in [0, 0.1) is 0 Å². The summed E-state index contributed by atoms with van der Waals surface area (Å²) in [4.78, 5) is 15.4. The van der Waals surface area contributed by atoms with Crippen molar-refractivity contribution in [2.24, 2.45) is 0 Å². The van der Waals surface area contributed by atoms with Gasteiger partial charge in [-0.05, 0) is 12.5 Å². The molecule has 0 aromatic heterocycles. The van der Waals surface area contributed by atoms with Gasteiger partial charge in [0.25, 0.3) is 0 Å². The minimum absolute atomic E-state index is 0.413. The molecule has 0 aromatic carbocycles. The van der Waals surface area contributed by atoms with Crippen LogP contribution in [0.15, 0.2) is 18.4 Å². The van der Waals surface area contributed by atoms with Gasteiger partial charge in [-0.2, -0.15) is 0 Å². The summed E-state index contributed by atoms with van der Waals surface area (Å²) >= 11 is 0. The third kappa shape index (κ3) is 5.71. The number of hydrogen-bond acceptors (Lipinski definition) is 2. The van der Waals surface area contributed by atoms with Crippen LogP contribution < -0.4 is 0 Å². The molecule has 3 nitrogen and oxygen atoms in total. The zero-order valence-electron chi connectivity index (χ0n) is 7.45. The van der Waals surface area contributed by atoms with E-state index < -0.39 is 0 Å². The van der Waals surface area contributed by atoms with E-state index in [4.69, 9.17) is 4.84 Å². The zero-order chi connectivity index (χ0) is 9.23. The Hall–Kier alpha value is -1.05. The number of carbonyl (C=O) groups is 1. The molecule has 0 unspecified atom stereocenters. The highest BCUT2D eigenvalue weighted by Gasteiger charge is 1.96. The lowest BCUT2D eigenvalue weighted by atomic mass is 10.4. The lowest BCUT2D eigenvalue weighted by Gasteiger charge is -2.13. The topological polar surface area (TPSA) is 29.5 Å². The van der Waals surface area contributed by atoms with Gasteiger partial charge in [-0.1, -0.05) is 19.9 Å². The van der Waals surface area contributed by atoms with Gasteiger partial charge < -0.3 is 0 Å². The predicted molar refractivity (Wildman–Crippen MR) is 47.3 cm³/mol. The van der Waals surface area contributed by atoms with Crippen molar-refractivity contribution in [3.63, 3.8) is 0 Å². The molecule has 1 amide bonds. The van der Waals surface area contributed by atoms with Crippen LogP contribution in [-0.2, 0) is 9.63 Å². The molecule has 0 saturated carbocycles. The third-order valence-electron chi connectivity index (χ3n) is 1.29. The SMILES string of the molecule is C=C=CCN(C=O)OCCCC. The number of amides is 1. The Kier molecular flexibility index (Phi) is 7.35. The molecule has 0 aliphatic carbocycles.